The van der Waals surface area contributed by atoms with E-state index in [1.54, 1.807) is 0 Å². The number of amides is 1. The normalized spacial score (nSPS) is 9.76. The summed E-state index contributed by atoms with van der Waals surface area (Å²) in [7, 11) is 0. The van der Waals surface area contributed by atoms with E-state index in [2.05, 4.69) is 17.6 Å². The predicted molar refractivity (Wildman–Crippen MR) is 75.1 cm³/mol. The highest BCUT2D eigenvalue weighted by atomic mass is 32.1. The van der Waals surface area contributed by atoms with Gasteiger partial charge in [0.25, 0.3) is 0 Å². The third-order valence-electron chi connectivity index (χ3n) is 2.35. The van der Waals surface area contributed by atoms with Crippen molar-refractivity contribution in [2.24, 2.45) is 0 Å². The molecule has 0 aliphatic heterocycles. The van der Waals surface area contributed by atoms with Gasteiger partial charge in [-0.15, -0.1) is 0 Å². The first-order chi connectivity index (χ1) is 8.15. The van der Waals surface area contributed by atoms with Gasteiger partial charge in [-0.3, -0.25) is 4.79 Å². The molecule has 1 aromatic carbocycles. The summed E-state index contributed by atoms with van der Waals surface area (Å²) in [4.78, 5) is 11.3. The molecule has 0 aliphatic rings. The third-order valence-corrected chi connectivity index (χ3v) is 2.55. The molecule has 2 N–H and O–H groups in total. The molecule has 4 heteroatoms. The average Bonchev–Trinajstić information content (AvgIpc) is 2.30. The minimum absolute atomic E-state index is 0.0461. The van der Waals surface area contributed by atoms with E-state index in [0.717, 1.165) is 18.5 Å². The summed E-state index contributed by atoms with van der Waals surface area (Å²) in [5.74, 6) is -0.0461. The van der Waals surface area contributed by atoms with E-state index in [1.807, 2.05) is 31.2 Å². The van der Waals surface area contributed by atoms with Crippen molar-refractivity contribution in [2.75, 3.05) is 5.32 Å². The van der Waals surface area contributed by atoms with Gasteiger partial charge in [-0.1, -0.05) is 26.0 Å². The van der Waals surface area contributed by atoms with Crippen LogP contribution in [0.2, 0.25) is 0 Å². The first-order valence-corrected chi connectivity index (χ1v) is 6.26. The lowest BCUT2D eigenvalue weighted by Crippen LogP contribution is -2.33. The summed E-state index contributed by atoms with van der Waals surface area (Å²) in [6.07, 6.45) is 2.33. The fourth-order valence-electron chi connectivity index (χ4n) is 1.40. The van der Waals surface area contributed by atoms with E-state index < -0.39 is 0 Å². The van der Waals surface area contributed by atoms with Crippen LogP contribution in [-0.2, 0) is 11.2 Å². The Morgan fingerprint density at radius 2 is 1.88 bits per heavy atom. The smallest absolute Gasteiger partial charge is 0.226 e. The summed E-state index contributed by atoms with van der Waals surface area (Å²) in [5, 5.41) is 5.98. The largest absolute Gasteiger partial charge is 0.332 e. The highest BCUT2D eigenvalue weighted by molar-refractivity contribution is 7.80. The van der Waals surface area contributed by atoms with Gasteiger partial charge in [0.2, 0.25) is 5.91 Å². The molecule has 17 heavy (non-hydrogen) atoms. The van der Waals surface area contributed by atoms with Crippen LogP contribution in [0.1, 0.15) is 32.3 Å². The quantitative estimate of drug-likeness (QED) is 0.807. The van der Waals surface area contributed by atoms with Crippen molar-refractivity contribution in [2.45, 2.75) is 33.1 Å². The maximum Gasteiger partial charge on any atom is 0.226 e. The molecule has 3 nitrogen and oxygen atoms in total. The monoisotopic (exact) mass is 250 g/mol. The fourth-order valence-corrected chi connectivity index (χ4v) is 1.63. The van der Waals surface area contributed by atoms with Crippen LogP contribution in [0.15, 0.2) is 24.3 Å². The lowest BCUT2D eigenvalue weighted by Gasteiger charge is -2.09. The van der Waals surface area contributed by atoms with Crippen LogP contribution in [0.5, 0.6) is 0 Å². The number of nitrogens with one attached hydrogen (secondary N) is 2. The molecular weight excluding hydrogens is 232 g/mol. The van der Waals surface area contributed by atoms with E-state index >= 15 is 0 Å². The number of anilines is 1. The second-order valence-corrected chi connectivity index (χ2v) is 4.21. The Kier molecular flexibility index (Phi) is 5.63. The number of hydrogen-bond acceptors (Lipinski definition) is 2. The molecular formula is C13H18N2OS. The molecule has 0 saturated carbocycles. The predicted octanol–water partition coefficient (Wildman–Crippen LogP) is 2.86. The molecule has 0 spiro atoms. The number of carbonyl (C=O) groups is 1. The topological polar surface area (TPSA) is 41.1 Å². The van der Waals surface area contributed by atoms with Crippen LogP contribution in [-0.4, -0.2) is 11.0 Å². The third kappa shape index (κ3) is 4.95. The van der Waals surface area contributed by atoms with E-state index in [0.29, 0.717) is 11.5 Å². The van der Waals surface area contributed by atoms with Crippen LogP contribution in [0.3, 0.4) is 0 Å². The number of benzene rings is 1. The minimum Gasteiger partial charge on any atom is -0.332 e. The first-order valence-electron chi connectivity index (χ1n) is 5.85. The Balaban J connectivity index is 2.47. The van der Waals surface area contributed by atoms with E-state index in [9.17, 15) is 4.79 Å². The molecule has 1 aromatic rings. The molecule has 0 aliphatic carbocycles. The summed E-state index contributed by atoms with van der Waals surface area (Å²) in [5.41, 5.74) is 2.17. The van der Waals surface area contributed by atoms with Gasteiger partial charge >= 0.3 is 0 Å². The number of hydrogen-bond donors (Lipinski definition) is 2. The summed E-state index contributed by atoms with van der Waals surface area (Å²) < 4.78 is 0. The maximum atomic E-state index is 11.3. The molecule has 1 amide bonds. The SMILES string of the molecule is CCCC(=O)NC(=S)Nc1ccc(CC)cc1. The van der Waals surface area contributed by atoms with Crippen molar-refractivity contribution in [1.29, 1.82) is 0 Å². The molecule has 0 atom stereocenters. The molecule has 1 rings (SSSR count). The molecule has 0 fully saturated rings. The number of aryl methyl sites for hydroxylation is 1. The lowest BCUT2D eigenvalue weighted by molar-refractivity contribution is -0.119. The highest BCUT2D eigenvalue weighted by Gasteiger charge is 2.03. The Labute approximate surface area is 108 Å². The van der Waals surface area contributed by atoms with Crippen LogP contribution in [0.25, 0.3) is 0 Å². The van der Waals surface area contributed by atoms with Crippen molar-refractivity contribution in [3.63, 3.8) is 0 Å². The van der Waals surface area contributed by atoms with Gasteiger partial charge in [-0.2, -0.15) is 0 Å². The molecule has 0 unspecified atom stereocenters. The van der Waals surface area contributed by atoms with Gasteiger partial charge in [0.05, 0.1) is 0 Å². The van der Waals surface area contributed by atoms with E-state index in [4.69, 9.17) is 12.2 Å². The standard InChI is InChI=1S/C13H18N2OS/c1-3-5-12(16)15-13(17)14-11-8-6-10(4-2)7-9-11/h6-9H,3-5H2,1-2H3,(H2,14,15,16,17). The van der Waals surface area contributed by atoms with Crippen LogP contribution >= 0.6 is 12.2 Å². The van der Waals surface area contributed by atoms with Crippen LogP contribution in [0.4, 0.5) is 5.69 Å². The Morgan fingerprint density at radius 3 is 2.41 bits per heavy atom. The molecule has 0 radical (unpaired) electrons. The van der Waals surface area contributed by atoms with Crippen molar-refractivity contribution in [3.05, 3.63) is 29.8 Å². The Bertz CT molecular complexity index is 387. The van der Waals surface area contributed by atoms with Gasteiger partial charge in [0.15, 0.2) is 5.11 Å². The molecule has 0 aromatic heterocycles. The highest BCUT2D eigenvalue weighted by Crippen LogP contribution is 2.09. The van der Waals surface area contributed by atoms with Gasteiger partial charge < -0.3 is 10.6 Å². The van der Waals surface area contributed by atoms with Gasteiger partial charge in [0, 0.05) is 12.1 Å². The summed E-state index contributed by atoms with van der Waals surface area (Å²) in [6.45, 7) is 4.07. The zero-order valence-corrected chi connectivity index (χ0v) is 11.1. The van der Waals surface area contributed by atoms with Crippen molar-refractivity contribution in [1.82, 2.24) is 5.32 Å². The van der Waals surface area contributed by atoms with Gasteiger partial charge in [0.1, 0.15) is 0 Å². The molecule has 92 valence electrons. The molecule has 0 saturated heterocycles. The fraction of sp³-hybridized carbons (Fsp3) is 0.385. The maximum absolute atomic E-state index is 11.3. The zero-order chi connectivity index (χ0) is 12.7. The second kappa shape index (κ2) is 7.01. The zero-order valence-electron chi connectivity index (χ0n) is 10.2. The average molecular weight is 250 g/mol. The van der Waals surface area contributed by atoms with Gasteiger partial charge in [-0.25, -0.2) is 0 Å². The number of rotatable bonds is 4. The van der Waals surface area contributed by atoms with Crippen LogP contribution in [0, 0.1) is 0 Å². The van der Waals surface area contributed by atoms with Crippen molar-refractivity contribution in [3.8, 4) is 0 Å². The Hall–Kier alpha value is -1.42. The second-order valence-electron chi connectivity index (χ2n) is 3.80. The van der Waals surface area contributed by atoms with E-state index in [1.165, 1.54) is 5.56 Å². The van der Waals surface area contributed by atoms with Gasteiger partial charge in [-0.05, 0) is 42.8 Å². The first kappa shape index (κ1) is 13.6. The lowest BCUT2D eigenvalue weighted by atomic mass is 10.1. The van der Waals surface area contributed by atoms with Crippen molar-refractivity contribution < 1.29 is 4.79 Å². The number of carbonyl (C=O) groups excluding carboxylic acids is 1. The van der Waals surface area contributed by atoms with Crippen LogP contribution < -0.4 is 10.6 Å². The number of thiocarbonyl (C=S) groups is 1. The van der Waals surface area contributed by atoms with Crippen molar-refractivity contribution >= 4 is 28.9 Å². The summed E-state index contributed by atoms with van der Waals surface area (Å²) in [6, 6.07) is 7.99. The molecule has 0 heterocycles. The minimum atomic E-state index is -0.0461. The summed E-state index contributed by atoms with van der Waals surface area (Å²) >= 11 is 5.04. The van der Waals surface area contributed by atoms with E-state index in [-0.39, 0.29) is 5.91 Å². The Morgan fingerprint density at radius 1 is 1.24 bits per heavy atom. The molecule has 0 bridgehead atoms.